The molecule has 1 aliphatic heterocycles. The van der Waals surface area contributed by atoms with Gasteiger partial charge < -0.3 is 10.1 Å². The van der Waals surface area contributed by atoms with Crippen molar-refractivity contribution in [3.63, 3.8) is 0 Å². The van der Waals surface area contributed by atoms with E-state index in [0.717, 1.165) is 35.1 Å². The van der Waals surface area contributed by atoms with E-state index in [9.17, 15) is 0 Å². The fourth-order valence-electron chi connectivity index (χ4n) is 2.70. The number of fused-ring (bicyclic) bond motifs is 1. The lowest BCUT2D eigenvalue weighted by molar-refractivity contribution is 0.339. The molecule has 0 aliphatic carbocycles. The molecule has 20 heavy (non-hydrogen) atoms. The Bertz CT molecular complexity index is 614. The van der Waals surface area contributed by atoms with Crippen LogP contribution in [-0.4, -0.2) is 23.6 Å². The molecule has 1 atom stereocenters. The molecule has 0 fully saturated rings. The van der Waals surface area contributed by atoms with Crippen LogP contribution >= 0.6 is 0 Å². The minimum atomic E-state index is 0.129. The number of rotatable bonds is 3. The number of para-hydroxylation sites is 1. The SMILES string of the molecule is CCc1nc(C2COc3ccccc32)nc(NC)c1C. The Hall–Kier alpha value is -2.10. The van der Waals surface area contributed by atoms with Gasteiger partial charge in [-0.15, -0.1) is 0 Å². The molecule has 0 bridgehead atoms. The number of hydrogen-bond donors (Lipinski definition) is 1. The normalized spacial score (nSPS) is 16.6. The lowest BCUT2D eigenvalue weighted by Gasteiger charge is -2.14. The zero-order valence-electron chi connectivity index (χ0n) is 12.1. The summed E-state index contributed by atoms with van der Waals surface area (Å²) >= 11 is 0. The summed E-state index contributed by atoms with van der Waals surface area (Å²) in [5.74, 6) is 2.84. The Morgan fingerprint density at radius 3 is 2.85 bits per heavy atom. The fraction of sp³-hybridized carbons (Fsp3) is 0.375. The predicted octanol–water partition coefficient (Wildman–Crippen LogP) is 2.91. The maximum Gasteiger partial charge on any atom is 0.142 e. The Morgan fingerprint density at radius 2 is 2.10 bits per heavy atom. The highest BCUT2D eigenvalue weighted by Gasteiger charge is 2.28. The molecule has 1 aromatic heterocycles. The molecule has 1 aromatic carbocycles. The largest absolute Gasteiger partial charge is 0.492 e. The maximum absolute atomic E-state index is 5.74. The van der Waals surface area contributed by atoms with E-state index in [1.54, 1.807) is 0 Å². The van der Waals surface area contributed by atoms with E-state index >= 15 is 0 Å². The van der Waals surface area contributed by atoms with Crippen molar-refractivity contribution >= 4 is 5.82 Å². The number of nitrogens with one attached hydrogen (secondary N) is 1. The number of anilines is 1. The molecule has 3 rings (SSSR count). The van der Waals surface area contributed by atoms with Gasteiger partial charge in [-0.05, 0) is 19.4 Å². The van der Waals surface area contributed by atoms with Crippen LogP contribution < -0.4 is 10.1 Å². The molecule has 1 N–H and O–H groups in total. The Morgan fingerprint density at radius 1 is 1.30 bits per heavy atom. The first kappa shape index (κ1) is 12.9. The molecule has 104 valence electrons. The zero-order valence-corrected chi connectivity index (χ0v) is 12.1. The fourth-order valence-corrected chi connectivity index (χ4v) is 2.70. The van der Waals surface area contributed by atoms with Gasteiger partial charge in [0.25, 0.3) is 0 Å². The van der Waals surface area contributed by atoms with Crippen LogP contribution in [0.5, 0.6) is 5.75 Å². The lowest BCUT2D eigenvalue weighted by Crippen LogP contribution is -2.12. The van der Waals surface area contributed by atoms with Crippen molar-refractivity contribution in [2.24, 2.45) is 0 Å². The summed E-state index contributed by atoms with van der Waals surface area (Å²) < 4.78 is 5.74. The second kappa shape index (κ2) is 5.12. The first-order chi connectivity index (χ1) is 9.74. The third-order valence-corrected chi connectivity index (χ3v) is 3.85. The second-order valence-corrected chi connectivity index (χ2v) is 5.01. The smallest absolute Gasteiger partial charge is 0.142 e. The summed E-state index contributed by atoms with van der Waals surface area (Å²) in [6.07, 6.45) is 0.908. The monoisotopic (exact) mass is 269 g/mol. The molecule has 4 nitrogen and oxygen atoms in total. The van der Waals surface area contributed by atoms with Gasteiger partial charge in [0.15, 0.2) is 0 Å². The predicted molar refractivity (Wildman–Crippen MR) is 79.5 cm³/mol. The van der Waals surface area contributed by atoms with Crippen molar-refractivity contribution in [2.75, 3.05) is 19.0 Å². The van der Waals surface area contributed by atoms with E-state index in [2.05, 4.69) is 30.2 Å². The van der Waals surface area contributed by atoms with Crippen molar-refractivity contribution in [1.82, 2.24) is 9.97 Å². The Balaban J connectivity index is 2.08. The van der Waals surface area contributed by atoms with Crippen LogP contribution in [0.1, 0.15) is 35.5 Å². The number of ether oxygens (including phenoxy) is 1. The van der Waals surface area contributed by atoms with Gasteiger partial charge in [-0.25, -0.2) is 9.97 Å². The molecule has 2 heterocycles. The Labute approximate surface area is 119 Å². The van der Waals surface area contributed by atoms with Gasteiger partial charge in [0.1, 0.15) is 24.0 Å². The molecular formula is C16H19N3O. The molecule has 4 heteroatoms. The first-order valence-electron chi connectivity index (χ1n) is 7.01. The van der Waals surface area contributed by atoms with Crippen molar-refractivity contribution in [1.29, 1.82) is 0 Å². The van der Waals surface area contributed by atoms with Gasteiger partial charge in [0.2, 0.25) is 0 Å². The summed E-state index contributed by atoms with van der Waals surface area (Å²) in [5.41, 5.74) is 3.41. The van der Waals surface area contributed by atoms with E-state index in [1.807, 2.05) is 25.2 Å². The maximum atomic E-state index is 5.74. The topological polar surface area (TPSA) is 47.0 Å². The van der Waals surface area contributed by atoms with Crippen molar-refractivity contribution < 1.29 is 4.74 Å². The quantitative estimate of drug-likeness (QED) is 0.930. The standard InChI is InChI=1S/C16H19N3O/c1-4-13-10(2)15(17-3)19-16(18-13)12-9-20-14-8-6-5-7-11(12)14/h5-8,12H,4,9H2,1-3H3,(H,17,18,19). The average molecular weight is 269 g/mol. The van der Waals surface area contributed by atoms with Gasteiger partial charge in [-0.2, -0.15) is 0 Å². The first-order valence-corrected chi connectivity index (χ1v) is 7.01. The van der Waals surface area contributed by atoms with Crippen LogP contribution in [0, 0.1) is 6.92 Å². The van der Waals surface area contributed by atoms with Gasteiger partial charge >= 0.3 is 0 Å². The summed E-state index contributed by atoms with van der Waals surface area (Å²) in [6, 6.07) is 8.13. The molecular weight excluding hydrogens is 250 g/mol. The average Bonchev–Trinajstić information content (AvgIpc) is 2.91. The summed E-state index contributed by atoms with van der Waals surface area (Å²) in [4.78, 5) is 9.43. The molecule has 0 radical (unpaired) electrons. The number of aryl methyl sites for hydroxylation is 1. The van der Waals surface area contributed by atoms with E-state index in [-0.39, 0.29) is 5.92 Å². The molecule has 0 saturated heterocycles. The van der Waals surface area contributed by atoms with E-state index in [4.69, 9.17) is 9.72 Å². The zero-order chi connectivity index (χ0) is 14.1. The van der Waals surface area contributed by atoms with Gasteiger partial charge in [-0.3, -0.25) is 0 Å². The summed E-state index contributed by atoms with van der Waals surface area (Å²) in [5, 5.41) is 3.17. The van der Waals surface area contributed by atoms with Crippen LogP contribution in [0.15, 0.2) is 24.3 Å². The van der Waals surface area contributed by atoms with E-state index in [0.29, 0.717) is 6.61 Å². The van der Waals surface area contributed by atoms with Gasteiger partial charge in [0.05, 0.1) is 5.92 Å². The second-order valence-electron chi connectivity index (χ2n) is 5.01. The van der Waals surface area contributed by atoms with Gasteiger partial charge in [-0.1, -0.05) is 25.1 Å². The number of aromatic nitrogens is 2. The van der Waals surface area contributed by atoms with Crippen molar-refractivity contribution in [2.45, 2.75) is 26.2 Å². The van der Waals surface area contributed by atoms with Crippen LogP contribution in [-0.2, 0) is 6.42 Å². The van der Waals surface area contributed by atoms with Crippen molar-refractivity contribution in [3.8, 4) is 5.75 Å². The molecule has 1 aliphatic rings. The minimum absolute atomic E-state index is 0.129. The molecule has 2 aromatic rings. The van der Waals surface area contributed by atoms with E-state index < -0.39 is 0 Å². The van der Waals surface area contributed by atoms with Crippen molar-refractivity contribution in [3.05, 3.63) is 46.9 Å². The Kier molecular flexibility index (Phi) is 3.30. The summed E-state index contributed by atoms with van der Waals surface area (Å²) in [7, 11) is 1.90. The highest BCUT2D eigenvalue weighted by Crippen LogP contribution is 2.37. The highest BCUT2D eigenvalue weighted by molar-refractivity contribution is 5.48. The van der Waals surface area contributed by atoms with E-state index in [1.165, 1.54) is 5.56 Å². The molecule has 0 saturated carbocycles. The molecule has 0 amide bonds. The van der Waals surface area contributed by atoms with Crippen LogP contribution in [0.25, 0.3) is 0 Å². The minimum Gasteiger partial charge on any atom is -0.492 e. The molecule has 1 unspecified atom stereocenters. The number of nitrogens with zero attached hydrogens (tertiary/aromatic N) is 2. The highest BCUT2D eigenvalue weighted by atomic mass is 16.5. The van der Waals surface area contributed by atoms with Gasteiger partial charge in [0, 0.05) is 23.9 Å². The van der Waals surface area contributed by atoms with Crippen LogP contribution in [0.4, 0.5) is 5.82 Å². The summed E-state index contributed by atoms with van der Waals surface area (Å²) in [6.45, 7) is 4.81. The van der Waals surface area contributed by atoms with Crippen LogP contribution in [0.2, 0.25) is 0 Å². The third kappa shape index (κ3) is 2.01. The number of benzene rings is 1. The number of hydrogen-bond acceptors (Lipinski definition) is 4. The molecule has 0 spiro atoms. The van der Waals surface area contributed by atoms with Crippen LogP contribution in [0.3, 0.4) is 0 Å². The third-order valence-electron chi connectivity index (χ3n) is 3.85. The lowest BCUT2D eigenvalue weighted by atomic mass is 10.00.